The number of hydrogen-bond donors (Lipinski definition) is 1. The molecule has 2 aromatic heterocycles. The van der Waals surface area contributed by atoms with E-state index < -0.39 is 0 Å². The smallest absolute Gasteiger partial charge is 0.128 e. The second-order valence-corrected chi connectivity index (χ2v) is 9.46. The van der Waals surface area contributed by atoms with Gasteiger partial charge in [0.2, 0.25) is 0 Å². The highest BCUT2D eigenvalue weighted by Gasteiger charge is 2.20. The van der Waals surface area contributed by atoms with Crippen molar-refractivity contribution in [2.24, 2.45) is 0 Å². The normalized spacial score (nSPS) is 12.2. The van der Waals surface area contributed by atoms with Gasteiger partial charge in [0, 0.05) is 11.1 Å². The summed E-state index contributed by atoms with van der Waals surface area (Å²) in [6.07, 6.45) is 12.1. The lowest BCUT2D eigenvalue weighted by molar-refractivity contribution is 0.630. The third-order valence-electron chi connectivity index (χ3n) is 6.00. The first kappa shape index (κ1) is 27.6. The summed E-state index contributed by atoms with van der Waals surface area (Å²) >= 11 is 1.65. The Morgan fingerprint density at radius 2 is 1.74 bits per heavy atom. The number of benzene rings is 1. The lowest BCUT2D eigenvalue weighted by atomic mass is 9.94. The zero-order valence-electron chi connectivity index (χ0n) is 21.5. The lowest BCUT2D eigenvalue weighted by Crippen LogP contribution is -2.14. The van der Waals surface area contributed by atoms with Gasteiger partial charge in [-0.25, -0.2) is 14.1 Å². The Morgan fingerprint density at radius 3 is 2.35 bits per heavy atom. The molecule has 0 bridgehead atoms. The molecular formula is C29H40FN3S. The third-order valence-corrected chi connectivity index (χ3v) is 7.28. The average Bonchev–Trinajstić information content (AvgIpc) is 3.30. The highest BCUT2D eigenvalue weighted by Crippen LogP contribution is 2.39. The summed E-state index contributed by atoms with van der Waals surface area (Å²) in [6, 6.07) is 4.97. The summed E-state index contributed by atoms with van der Waals surface area (Å²) < 4.78 is 16.6. The van der Waals surface area contributed by atoms with Gasteiger partial charge >= 0.3 is 0 Å². The number of nitrogens with zero attached hydrogens (tertiary/aromatic N) is 2. The number of aromatic nitrogens is 2. The Balaban J connectivity index is 0.00000199. The van der Waals surface area contributed by atoms with E-state index in [0.29, 0.717) is 0 Å². The fourth-order valence-electron chi connectivity index (χ4n) is 4.37. The molecule has 34 heavy (non-hydrogen) atoms. The molecule has 5 heteroatoms. The number of nitrogen functional groups attached to an aromatic ring is 1. The molecule has 2 N–H and O–H groups in total. The van der Waals surface area contributed by atoms with E-state index in [0.717, 1.165) is 69.8 Å². The molecule has 3 rings (SSSR count). The van der Waals surface area contributed by atoms with Crippen LogP contribution < -0.4 is 5.84 Å². The quantitative estimate of drug-likeness (QED) is 0.178. The number of rotatable bonds is 10. The summed E-state index contributed by atoms with van der Waals surface area (Å²) in [5.41, 5.74) is 5.83. The number of unbranched alkanes of at least 4 members (excludes halogenated alkanes) is 1. The van der Waals surface area contributed by atoms with Crippen LogP contribution in [0.15, 0.2) is 54.7 Å². The second kappa shape index (κ2) is 13.3. The van der Waals surface area contributed by atoms with Gasteiger partial charge in [-0.1, -0.05) is 39.3 Å². The lowest BCUT2D eigenvalue weighted by Gasteiger charge is -2.13. The van der Waals surface area contributed by atoms with Crippen molar-refractivity contribution < 1.29 is 4.39 Å². The zero-order chi connectivity index (χ0) is 25.3. The molecule has 0 aliphatic carbocycles. The SMILES string of the molecule is C=C.CC/C=C(CCCC)/C(=C/CC)CCc1nc(C)c(-c2sc3ccc(F)cc3c2C)n1N. The molecule has 0 amide bonds. The fourth-order valence-corrected chi connectivity index (χ4v) is 5.65. The van der Waals surface area contributed by atoms with Crippen molar-refractivity contribution in [3.05, 3.63) is 77.6 Å². The monoisotopic (exact) mass is 481 g/mol. The maximum Gasteiger partial charge on any atom is 0.128 e. The van der Waals surface area contributed by atoms with Crippen molar-refractivity contribution in [1.82, 2.24) is 9.66 Å². The van der Waals surface area contributed by atoms with E-state index in [9.17, 15) is 4.39 Å². The van der Waals surface area contributed by atoms with Crippen LogP contribution >= 0.6 is 11.3 Å². The van der Waals surface area contributed by atoms with Gasteiger partial charge in [0.25, 0.3) is 0 Å². The molecule has 0 aliphatic heterocycles. The Labute approximate surface area is 208 Å². The molecule has 0 atom stereocenters. The minimum atomic E-state index is -0.210. The molecule has 3 aromatic rings. The summed E-state index contributed by atoms with van der Waals surface area (Å²) in [4.78, 5) is 5.91. The van der Waals surface area contributed by atoms with Crippen LogP contribution in [0.2, 0.25) is 0 Å². The third kappa shape index (κ3) is 6.26. The Kier molecular flexibility index (Phi) is 10.8. The topological polar surface area (TPSA) is 43.8 Å². The van der Waals surface area contributed by atoms with Gasteiger partial charge in [0.05, 0.1) is 10.6 Å². The highest BCUT2D eigenvalue weighted by atomic mass is 32.1. The molecular weight excluding hydrogens is 441 g/mol. The van der Waals surface area contributed by atoms with Crippen molar-refractivity contribution in [1.29, 1.82) is 0 Å². The van der Waals surface area contributed by atoms with Gasteiger partial charge in [-0.3, -0.25) is 0 Å². The van der Waals surface area contributed by atoms with E-state index in [2.05, 4.69) is 46.1 Å². The van der Waals surface area contributed by atoms with Crippen LogP contribution in [-0.4, -0.2) is 9.66 Å². The molecule has 0 unspecified atom stereocenters. The molecule has 184 valence electrons. The Hall–Kier alpha value is -2.66. The molecule has 2 heterocycles. The number of hydrogen-bond acceptors (Lipinski definition) is 3. The molecule has 0 fully saturated rings. The van der Waals surface area contributed by atoms with Crippen molar-refractivity contribution in [3.63, 3.8) is 0 Å². The van der Waals surface area contributed by atoms with E-state index in [1.54, 1.807) is 22.1 Å². The number of allylic oxidation sites excluding steroid dienone is 4. The van der Waals surface area contributed by atoms with E-state index in [4.69, 9.17) is 10.8 Å². The van der Waals surface area contributed by atoms with E-state index in [1.807, 2.05) is 19.9 Å². The first-order valence-corrected chi connectivity index (χ1v) is 13.1. The van der Waals surface area contributed by atoms with Gasteiger partial charge in [-0.2, -0.15) is 0 Å². The van der Waals surface area contributed by atoms with Crippen LogP contribution in [0.3, 0.4) is 0 Å². The van der Waals surface area contributed by atoms with E-state index in [-0.39, 0.29) is 5.82 Å². The van der Waals surface area contributed by atoms with E-state index >= 15 is 0 Å². The molecule has 3 nitrogen and oxygen atoms in total. The van der Waals surface area contributed by atoms with Gasteiger partial charge in [-0.15, -0.1) is 24.5 Å². The Morgan fingerprint density at radius 1 is 1.09 bits per heavy atom. The van der Waals surface area contributed by atoms with Gasteiger partial charge < -0.3 is 5.84 Å². The summed E-state index contributed by atoms with van der Waals surface area (Å²) in [5, 5.41) is 0.950. The molecule has 0 saturated carbocycles. The van der Waals surface area contributed by atoms with Crippen molar-refractivity contribution in [2.45, 2.75) is 79.6 Å². The van der Waals surface area contributed by atoms with Gasteiger partial charge in [-0.05, 0) is 86.2 Å². The predicted octanol–water partition coefficient (Wildman–Crippen LogP) is 8.83. The zero-order valence-corrected chi connectivity index (χ0v) is 22.3. The number of imidazole rings is 1. The standard InChI is InChI=1S/C27H36FN3S.C2H4/c1-6-9-12-20(10-7-2)21(11-8-3)13-16-25-30-19(5)26(31(25)29)27-18(4)23-17-22(28)14-15-24(23)32-27;1-2/h10-11,14-15,17H,6-9,12-13,16,29H2,1-5H3;1-2H2/b20-10+,21-11+;. The number of fused-ring (bicyclic) bond motifs is 1. The molecule has 0 saturated heterocycles. The number of thiophene rings is 1. The first-order chi connectivity index (χ1) is 16.4. The molecule has 1 aromatic carbocycles. The van der Waals surface area contributed by atoms with Crippen LogP contribution in [0.5, 0.6) is 0 Å². The van der Waals surface area contributed by atoms with Crippen molar-refractivity contribution in [2.75, 3.05) is 5.84 Å². The summed E-state index contributed by atoms with van der Waals surface area (Å²) in [6.45, 7) is 16.7. The van der Waals surface area contributed by atoms with Crippen LogP contribution in [0.1, 0.15) is 76.4 Å². The Bertz CT molecular complexity index is 1150. The van der Waals surface area contributed by atoms with Gasteiger partial charge in [0.1, 0.15) is 17.3 Å². The highest BCUT2D eigenvalue weighted by molar-refractivity contribution is 7.22. The second-order valence-electron chi connectivity index (χ2n) is 8.41. The van der Waals surface area contributed by atoms with Crippen molar-refractivity contribution >= 4 is 21.4 Å². The minimum Gasteiger partial charge on any atom is -0.337 e. The minimum absolute atomic E-state index is 0.210. The number of nitrogens with two attached hydrogens (primary N) is 1. The fraction of sp³-hybridized carbons (Fsp3) is 0.414. The van der Waals surface area contributed by atoms with Crippen LogP contribution in [0.4, 0.5) is 4.39 Å². The number of aryl methyl sites for hydroxylation is 3. The largest absolute Gasteiger partial charge is 0.337 e. The van der Waals surface area contributed by atoms with E-state index in [1.165, 1.54) is 30.1 Å². The average molecular weight is 482 g/mol. The maximum atomic E-state index is 13.8. The molecule has 0 aliphatic rings. The van der Waals surface area contributed by atoms with Crippen molar-refractivity contribution in [3.8, 4) is 10.6 Å². The molecule has 0 spiro atoms. The van der Waals surface area contributed by atoms with Crippen LogP contribution in [0, 0.1) is 19.7 Å². The van der Waals surface area contributed by atoms with Crippen LogP contribution in [0.25, 0.3) is 20.7 Å². The van der Waals surface area contributed by atoms with Gasteiger partial charge in [0.15, 0.2) is 0 Å². The summed E-state index contributed by atoms with van der Waals surface area (Å²) in [5.74, 6) is 7.27. The summed E-state index contributed by atoms with van der Waals surface area (Å²) in [7, 11) is 0. The molecule has 0 radical (unpaired) electrons. The number of halogens is 1. The predicted molar refractivity (Wildman–Crippen MR) is 148 cm³/mol. The maximum absolute atomic E-state index is 13.8. The van der Waals surface area contributed by atoms with Crippen LogP contribution in [-0.2, 0) is 6.42 Å². The first-order valence-electron chi connectivity index (χ1n) is 12.3.